The highest BCUT2D eigenvalue weighted by atomic mass is 32.1. The maximum atomic E-state index is 13.1. The van der Waals surface area contributed by atoms with Gasteiger partial charge in [-0.1, -0.05) is 24.3 Å². The Morgan fingerprint density at radius 3 is 2.77 bits per heavy atom. The minimum atomic E-state index is -0.210. The van der Waals surface area contributed by atoms with Crippen molar-refractivity contribution in [3.05, 3.63) is 68.1 Å². The van der Waals surface area contributed by atoms with Gasteiger partial charge in [0.05, 0.1) is 0 Å². The summed E-state index contributed by atoms with van der Waals surface area (Å²) in [7, 11) is 0. The maximum Gasteiger partial charge on any atom is 0.271 e. The van der Waals surface area contributed by atoms with Gasteiger partial charge >= 0.3 is 0 Å². The highest BCUT2D eigenvalue weighted by Crippen LogP contribution is 2.28. The van der Waals surface area contributed by atoms with Crippen molar-refractivity contribution < 1.29 is 4.79 Å². The summed E-state index contributed by atoms with van der Waals surface area (Å²) in [6.45, 7) is 1.19. The molecule has 0 saturated heterocycles. The molecule has 3 heterocycles. The van der Waals surface area contributed by atoms with Gasteiger partial charge in [-0.3, -0.25) is 14.0 Å². The first-order valence-corrected chi connectivity index (χ1v) is 9.92. The van der Waals surface area contributed by atoms with Gasteiger partial charge in [-0.2, -0.15) is 0 Å². The molecule has 2 aromatic heterocycles. The molecule has 0 spiro atoms. The van der Waals surface area contributed by atoms with E-state index in [1.54, 1.807) is 20.6 Å². The Kier molecular flexibility index (Phi) is 3.67. The van der Waals surface area contributed by atoms with Gasteiger partial charge < -0.3 is 4.90 Å². The standard InChI is InChI=1S/C20H19N3O2S/c24-18(22-10-9-13-5-1-2-6-14(13)12-22)15-11-21-20-23(19(15)25)16-7-3-4-8-17(16)26-20/h1-2,5-6,11H,3-4,7-10,12H2. The first kappa shape index (κ1) is 15.8. The van der Waals surface area contributed by atoms with Crippen molar-refractivity contribution >= 4 is 22.2 Å². The molecule has 0 atom stereocenters. The van der Waals surface area contributed by atoms with Crippen LogP contribution in [0.3, 0.4) is 0 Å². The summed E-state index contributed by atoms with van der Waals surface area (Å²) >= 11 is 1.59. The second kappa shape index (κ2) is 6.06. The third-order valence-electron chi connectivity index (χ3n) is 5.45. The van der Waals surface area contributed by atoms with E-state index in [-0.39, 0.29) is 17.0 Å². The van der Waals surface area contributed by atoms with Crippen molar-refractivity contribution in [2.75, 3.05) is 6.54 Å². The Morgan fingerprint density at radius 1 is 1.08 bits per heavy atom. The fourth-order valence-electron chi connectivity index (χ4n) is 4.05. The SMILES string of the molecule is O=C(c1cnc2sc3c(n2c1=O)CCCC3)N1CCc2ccccc2C1. The molecular weight excluding hydrogens is 346 g/mol. The lowest BCUT2D eigenvalue weighted by atomic mass is 9.99. The summed E-state index contributed by atoms with van der Waals surface area (Å²) in [6, 6.07) is 8.18. The second-order valence-corrected chi connectivity index (χ2v) is 8.08. The minimum Gasteiger partial charge on any atom is -0.334 e. The fourth-order valence-corrected chi connectivity index (χ4v) is 5.22. The molecule has 1 aromatic carbocycles. The topological polar surface area (TPSA) is 54.7 Å². The van der Waals surface area contributed by atoms with E-state index in [4.69, 9.17) is 0 Å². The first-order chi connectivity index (χ1) is 12.7. The number of thiazole rings is 1. The summed E-state index contributed by atoms with van der Waals surface area (Å²) in [6.07, 6.45) is 6.45. The monoisotopic (exact) mass is 365 g/mol. The lowest BCUT2D eigenvalue weighted by Gasteiger charge is -2.28. The number of aryl methyl sites for hydroxylation is 2. The van der Waals surface area contributed by atoms with Gasteiger partial charge in [0.1, 0.15) is 5.56 Å². The molecule has 132 valence electrons. The zero-order chi connectivity index (χ0) is 17.7. The van der Waals surface area contributed by atoms with Crippen molar-refractivity contribution in [3.8, 4) is 0 Å². The number of carbonyl (C=O) groups excluding carboxylic acids is 1. The van der Waals surface area contributed by atoms with Crippen LogP contribution in [0.25, 0.3) is 4.96 Å². The van der Waals surface area contributed by atoms with Crippen LogP contribution >= 0.6 is 11.3 Å². The molecule has 0 bridgehead atoms. The van der Waals surface area contributed by atoms with Gasteiger partial charge in [-0.15, -0.1) is 11.3 Å². The van der Waals surface area contributed by atoms with Crippen LogP contribution in [-0.2, 0) is 25.8 Å². The lowest BCUT2D eigenvalue weighted by molar-refractivity contribution is 0.0732. The quantitative estimate of drug-likeness (QED) is 0.666. The van der Waals surface area contributed by atoms with Crippen molar-refractivity contribution in [3.63, 3.8) is 0 Å². The van der Waals surface area contributed by atoms with Crippen LogP contribution in [-0.4, -0.2) is 26.7 Å². The molecule has 2 aliphatic rings. The molecule has 5 nitrogen and oxygen atoms in total. The number of aromatic nitrogens is 2. The van der Waals surface area contributed by atoms with Gasteiger partial charge in [0, 0.05) is 29.9 Å². The zero-order valence-electron chi connectivity index (χ0n) is 14.4. The third-order valence-corrected chi connectivity index (χ3v) is 6.61. The molecule has 1 aliphatic carbocycles. The predicted molar refractivity (Wildman–Crippen MR) is 101 cm³/mol. The molecule has 1 amide bonds. The van der Waals surface area contributed by atoms with E-state index in [2.05, 4.69) is 17.1 Å². The second-order valence-electron chi connectivity index (χ2n) is 7.02. The fraction of sp³-hybridized carbons (Fsp3) is 0.350. The lowest BCUT2D eigenvalue weighted by Crippen LogP contribution is -2.39. The van der Waals surface area contributed by atoms with Crippen LogP contribution in [0.2, 0.25) is 0 Å². The van der Waals surface area contributed by atoms with E-state index in [1.165, 1.54) is 16.6 Å². The summed E-state index contributed by atoms with van der Waals surface area (Å²) < 4.78 is 1.68. The largest absolute Gasteiger partial charge is 0.334 e. The van der Waals surface area contributed by atoms with E-state index < -0.39 is 0 Å². The molecule has 0 fully saturated rings. The number of hydrogen-bond donors (Lipinski definition) is 0. The van der Waals surface area contributed by atoms with Gasteiger partial charge in [-0.25, -0.2) is 4.98 Å². The highest BCUT2D eigenvalue weighted by molar-refractivity contribution is 7.17. The summed E-state index contributed by atoms with van der Waals surface area (Å²) in [5.74, 6) is -0.206. The van der Waals surface area contributed by atoms with E-state index in [9.17, 15) is 9.59 Å². The molecule has 1 aliphatic heterocycles. The maximum absolute atomic E-state index is 13.1. The highest BCUT2D eigenvalue weighted by Gasteiger charge is 2.26. The van der Waals surface area contributed by atoms with Gasteiger partial charge in [-0.05, 0) is 43.2 Å². The first-order valence-electron chi connectivity index (χ1n) is 9.11. The van der Waals surface area contributed by atoms with E-state index in [1.807, 2.05) is 12.1 Å². The Labute approximate surface area is 154 Å². The van der Waals surface area contributed by atoms with Crippen LogP contribution in [0.4, 0.5) is 0 Å². The van der Waals surface area contributed by atoms with Gasteiger partial charge in [0.15, 0.2) is 4.96 Å². The zero-order valence-corrected chi connectivity index (χ0v) is 15.2. The van der Waals surface area contributed by atoms with Gasteiger partial charge in [0.2, 0.25) is 0 Å². The molecule has 5 rings (SSSR count). The van der Waals surface area contributed by atoms with Crippen LogP contribution in [0, 0.1) is 0 Å². The number of benzene rings is 1. The minimum absolute atomic E-state index is 0.188. The van der Waals surface area contributed by atoms with Crippen molar-refractivity contribution in [2.45, 2.75) is 38.6 Å². The summed E-state index contributed by atoms with van der Waals surface area (Å²) in [5, 5.41) is 0. The molecule has 26 heavy (non-hydrogen) atoms. The van der Waals surface area contributed by atoms with E-state index in [0.29, 0.717) is 18.1 Å². The van der Waals surface area contributed by atoms with Crippen LogP contribution < -0.4 is 5.56 Å². The van der Waals surface area contributed by atoms with E-state index >= 15 is 0 Å². The summed E-state index contributed by atoms with van der Waals surface area (Å²) in [4.78, 5) is 34.3. The molecule has 0 radical (unpaired) electrons. The van der Waals surface area contributed by atoms with Crippen molar-refractivity contribution in [1.29, 1.82) is 0 Å². The van der Waals surface area contributed by atoms with Crippen molar-refractivity contribution in [1.82, 2.24) is 14.3 Å². The average Bonchev–Trinajstić information content (AvgIpc) is 3.07. The third kappa shape index (κ3) is 2.40. The Morgan fingerprint density at radius 2 is 1.88 bits per heavy atom. The van der Waals surface area contributed by atoms with Gasteiger partial charge in [0.25, 0.3) is 11.5 Å². The number of carbonyl (C=O) groups is 1. The molecular formula is C20H19N3O2S. The van der Waals surface area contributed by atoms with Crippen molar-refractivity contribution in [2.24, 2.45) is 0 Å². The molecule has 3 aromatic rings. The number of fused-ring (bicyclic) bond motifs is 4. The smallest absolute Gasteiger partial charge is 0.271 e. The Bertz CT molecular complexity index is 1080. The summed E-state index contributed by atoms with van der Waals surface area (Å²) in [5.41, 5.74) is 3.49. The Hall–Kier alpha value is -2.47. The van der Waals surface area contributed by atoms with Crippen LogP contribution in [0.15, 0.2) is 35.3 Å². The molecule has 0 saturated carbocycles. The average molecular weight is 365 g/mol. The number of rotatable bonds is 1. The van der Waals surface area contributed by atoms with Crippen LogP contribution in [0.5, 0.6) is 0 Å². The predicted octanol–water partition coefficient (Wildman–Crippen LogP) is 2.83. The number of amides is 1. The molecule has 0 unspecified atom stereocenters. The Balaban J connectivity index is 1.54. The normalized spacial score (nSPS) is 16.4. The van der Waals surface area contributed by atoms with E-state index in [0.717, 1.165) is 43.4 Å². The van der Waals surface area contributed by atoms with Crippen LogP contribution in [0.1, 0.15) is 44.9 Å². The number of nitrogens with zero attached hydrogens (tertiary/aromatic N) is 3. The molecule has 0 N–H and O–H groups in total. The molecule has 6 heteroatoms. The number of hydrogen-bond acceptors (Lipinski definition) is 4.